The molecule has 1 aliphatic rings. The van der Waals surface area contributed by atoms with Crippen LogP contribution in [0.2, 0.25) is 0 Å². The number of benzene rings is 2. The first kappa shape index (κ1) is 20.1. The minimum Gasteiger partial charge on any atom is -0.291 e. The summed E-state index contributed by atoms with van der Waals surface area (Å²) in [5, 5.41) is 0. The molecule has 3 rings (SSSR count). The van der Waals surface area contributed by atoms with E-state index in [1.54, 1.807) is 12.1 Å². The lowest BCUT2D eigenvalue weighted by atomic mass is 10.0. The van der Waals surface area contributed by atoms with E-state index >= 15 is 0 Å². The minimum atomic E-state index is -3.77. The van der Waals surface area contributed by atoms with Crippen molar-refractivity contribution in [1.82, 2.24) is 4.90 Å². The fourth-order valence-corrected chi connectivity index (χ4v) is 4.93. The number of rotatable bonds is 6. The van der Waals surface area contributed by atoms with Crippen molar-refractivity contribution in [2.24, 2.45) is 0 Å². The number of hydrogen-bond donors (Lipinski definition) is 0. The Morgan fingerprint density at radius 3 is 2.52 bits per heavy atom. The molecule has 0 radical (unpaired) electrons. The normalized spacial score (nSPS) is 20.1. The molecule has 1 atom stereocenters. The van der Waals surface area contributed by atoms with Crippen LogP contribution in [-0.4, -0.2) is 31.5 Å². The summed E-state index contributed by atoms with van der Waals surface area (Å²) in [6.45, 7) is 9.71. The molecule has 1 heterocycles. The van der Waals surface area contributed by atoms with Crippen molar-refractivity contribution in [2.45, 2.75) is 63.6 Å². The third-order valence-corrected chi connectivity index (χ3v) is 6.83. The van der Waals surface area contributed by atoms with Gasteiger partial charge in [0.1, 0.15) is 0 Å². The third-order valence-electron chi connectivity index (χ3n) is 5.48. The second-order valence-corrected chi connectivity index (χ2v) is 9.57. The van der Waals surface area contributed by atoms with Gasteiger partial charge in [-0.25, -0.2) is 0 Å². The first-order valence-corrected chi connectivity index (χ1v) is 10.9. The summed E-state index contributed by atoms with van der Waals surface area (Å²) in [7, 11) is -3.77. The van der Waals surface area contributed by atoms with Crippen LogP contribution < -0.4 is 0 Å². The molecule has 0 N–H and O–H groups in total. The predicted molar refractivity (Wildman–Crippen MR) is 108 cm³/mol. The number of nitrogens with zero attached hydrogens (tertiary/aromatic N) is 1. The molecule has 1 aliphatic heterocycles. The smallest absolute Gasteiger partial charge is 0.291 e. The van der Waals surface area contributed by atoms with Crippen molar-refractivity contribution in [1.29, 1.82) is 0 Å². The van der Waals surface area contributed by atoms with Gasteiger partial charge in [-0.15, -0.1) is 0 Å². The quantitative estimate of drug-likeness (QED) is 0.693. The summed E-state index contributed by atoms with van der Waals surface area (Å²) in [6, 6.07) is 15.5. The Hall–Kier alpha value is -1.69. The molecular formula is C22H29NO3S. The van der Waals surface area contributed by atoms with Gasteiger partial charge in [-0.05, 0) is 62.4 Å². The Morgan fingerprint density at radius 1 is 1.15 bits per heavy atom. The third kappa shape index (κ3) is 4.60. The number of aryl methyl sites for hydroxylation is 2. The zero-order valence-electron chi connectivity index (χ0n) is 16.6. The maximum absolute atomic E-state index is 12.8. The average molecular weight is 388 g/mol. The minimum absolute atomic E-state index is 0.113. The van der Waals surface area contributed by atoms with Crippen LogP contribution in [0, 0.1) is 6.92 Å². The molecule has 0 bridgehead atoms. The van der Waals surface area contributed by atoms with Gasteiger partial charge in [0.05, 0.1) is 11.0 Å². The Kier molecular flexibility index (Phi) is 5.75. The maximum Gasteiger partial charge on any atom is 0.297 e. The zero-order chi connectivity index (χ0) is 19.7. The molecule has 1 saturated heterocycles. The first-order valence-electron chi connectivity index (χ1n) is 9.53. The van der Waals surface area contributed by atoms with Gasteiger partial charge < -0.3 is 0 Å². The van der Waals surface area contributed by atoms with Crippen molar-refractivity contribution in [2.75, 3.05) is 6.54 Å². The van der Waals surface area contributed by atoms with Crippen LogP contribution in [0.25, 0.3) is 0 Å². The van der Waals surface area contributed by atoms with Crippen LogP contribution >= 0.6 is 0 Å². The molecule has 4 nitrogen and oxygen atoms in total. The van der Waals surface area contributed by atoms with Crippen LogP contribution in [0.1, 0.15) is 43.9 Å². The Morgan fingerprint density at radius 2 is 1.85 bits per heavy atom. The zero-order valence-corrected chi connectivity index (χ0v) is 17.4. The summed E-state index contributed by atoms with van der Waals surface area (Å²) in [4.78, 5) is 2.55. The van der Waals surface area contributed by atoms with E-state index in [0.717, 1.165) is 24.1 Å². The molecule has 0 aliphatic carbocycles. The van der Waals surface area contributed by atoms with Gasteiger partial charge in [0.2, 0.25) is 0 Å². The molecular weight excluding hydrogens is 358 g/mol. The molecule has 1 unspecified atom stereocenters. The molecule has 0 spiro atoms. The lowest BCUT2D eigenvalue weighted by Gasteiger charge is -2.31. The van der Waals surface area contributed by atoms with Crippen LogP contribution in [0.5, 0.6) is 0 Å². The van der Waals surface area contributed by atoms with Crippen molar-refractivity contribution in [3.8, 4) is 0 Å². The second kappa shape index (κ2) is 7.74. The van der Waals surface area contributed by atoms with Gasteiger partial charge in [0.25, 0.3) is 10.1 Å². The molecule has 5 heteroatoms. The summed E-state index contributed by atoms with van der Waals surface area (Å²) in [6.07, 6.45) is 1.15. The summed E-state index contributed by atoms with van der Waals surface area (Å²) >= 11 is 0. The standard InChI is InChI=1S/C22H29NO3S/c1-5-19-13-21(12-11-17(19)2)27(24,25)26-20-14-22(3,4)23(16-20)15-18-9-7-6-8-10-18/h6-13,20H,5,14-16H2,1-4H3. The van der Waals surface area contributed by atoms with E-state index in [9.17, 15) is 8.42 Å². The highest BCUT2D eigenvalue weighted by molar-refractivity contribution is 7.86. The van der Waals surface area contributed by atoms with Gasteiger partial charge in [0, 0.05) is 18.6 Å². The highest BCUT2D eigenvalue weighted by Crippen LogP contribution is 2.33. The molecule has 0 amide bonds. The van der Waals surface area contributed by atoms with Crippen molar-refractivity contribution >= 4 is 10.1 Å². The molecule has 27 heavy (non-hydrogen) atoms. The van der Waals surface area contributed by atoms with E-state index in [1.165, 1.54) is 5.56 Å². The Labute approximate surface area is 163 Å². The molecule has 2 aromatic rings. The average Bonchev–Trinajstić information content (AvgIpc) is 2.88. The highest BCUT2D eigenvalue weighted by atomic mass is 32.2. The molecule has 2 aromatic carbocycles. The monoisotopic (exact) mass is 387 g/mol. The van der Waals surface area contributed by atoms with Crippen molar-refractivity contribution in [3.05, 3.63) is 65.2 Å². The van der Waals surface area contributed by atoms with E-state index in [4.69, 9.17) is 4.18 Å². The van der Waals surface area contributed by atoms with Crippen molar-refractivity contribution < 1.29 is 12.6 Å². The fourth-order valence-electron chi connectivity index (χ4n) is 3.81. The van der Waals surface area contributed by atoms with Crippen LogP contribution in [0.4, 0.5) is 0 Å². The largest absolute Gasteiger partial charge is 0.297 e. The van der Waals surface area contributed by atoms with Crippen molar-refractivity contribution in [3.63, 3.8) is 0 Å². The summed E-state index contributed by atoms with van der Waals surface area (Å²) < 4.78 is 31.3. The van der Waals surface area contributed by atoms with Crippen LogP contribution in [0.15, 0.2) is 53.4 Å². The fraction of sp³-hybridized carbons (Fsp3) is 0.455. The topological polar surface area (TPSA) is 46.6 Å². The van der Waals surface area contributed by atoms with Gasteiger partial charge in [-0.1, -0.05) is 43.3 Å². The van der Waals surface area contributed by atoms with Gasteiger partial charge in [-0.3, -0.25) is 9.08 Å². The number of likely N-dealkylation sites (tertiary alicyclic amines) is 1. The Balaban J connectivity index is 1.74. The molecule has 146 valence electrons. The van der Waals surface area contributed by atoms with Crippen LogP contribution in [-0.2, 0) is 27.3 Å². The van der Waals surface area contributed by atoms with Gasteiger partial charge in [0.15, 0.2) is 0 Å². The highest BCUT2D eigenvalue weighted by Gasteiger charge is 2.41. The predicted octanol–water partition coefficient (Wildman–Crippen LogP) is 4.32. The Bertz CT molecular complexity index is 891. The van der Waals surface area contributed by atoms with E-state index in [-0.39, 0.29) is 16.5 Å². The van der Waals surface area contributed by atoms with E-state index in [2.05, 4.69) is 30.9 Å². The van der Waals surface area contributed by atoms with Gasteiger partial charge in [-0.2, -0.15) is 8.42 Å². The maximum atomic E-state index is 12.8. The van der Waals surface area contributed by atoms with E-state index in [0.29, 0.717) is 13.0 Å². The van der Waals surface area contributed by atoms with Crippen LogP contribution in [0.3, 0.4) is 0 Å². The summed E-state index contributed by atoms with van der Waals surface area (Å²) in [5.41, 5.74) is 3.25. The van der Waals surface area contributed by atoms with E-state index < -0.39 is 10.1 Å². The molecule has 0 saturated carbocycles. The molecule has 0 aromatic heterocycles. The second-order valence-electron chi connectivity index (χ2n) is 8.00. The van der Waals surface area contributed by atoms with Gasteiger partial charge >= 0.3 is 0 Å². The lowest BCUT2D eigenvalue weighted by Crippen LogP contribution is -2.37. The summed E-state index contributed by atoms with van der Waals surface area (Å²) in [5.74, 6) is 0. The molecule has 1 fully saturated rings. The first-order chi connectivity index (χ1) is 12.7. The SMILES string of the molecule is CCc1cc(S(=O)(=O)OC2CN(Cc3ccccc3)C(C)(C)C2)ccc1C. The number of hydrogen-bond acceptors (Lipinski definition) is 4. The lowest BCUT2D eigenvalue weighted by molar-refractivity contribution is 0.162. The van der Waals surface area contributed by atoms with E-state index in [1.807, 2.05) is 38.1 Å².